The molecule has 0 aliphatic carbocycles. The largest absolute Gasteiger partial charge is 0.298 e. The minimum absolute atomic E-state index is 0.207. The zero-order chi connectivity index (χ0) is 13.9. The Bertz CT molecular complexity index is 732. The zero-order valence-corrected chi connectivity index (χ0v) is 11.6. The molecular formula is C14H12N4OS. The number of nitrogens with zero attached hydrogens (tertiary/aromatic N) is 3. The number of para-hydroxylation sites is 1. The molecule has 0 bridgehead atoms. The van der Waals surface area contributed by atoms with Crippen molar-refractivity contribution in [3.8, 4) is 5.69 Å². The maximum Gasteiger partial charge on any atom is 0.260 e. The number of aryl methyl sites for hydroxylation is 1. The van der Waals surface area contributed by atoms with Crippen molar-refractivity contribution >= 4 is 22.4 Å². The molecule has 0 fully saturated rings. The van der Waals surface area contributed by atoms with Gasteiger partial charge in [0, 0.05) is 17.3 Å². The monoisotopic (exact) mass is 284 g/mol. The summed E-state index contributed by atoms with van der Waals surface area (Å²) in [5, 5.41) is 7.55. The Morgan fingerprint density at radius 2 is 2.05 bits per heavy atom. The van der Waals surface area contributed by atoms with Gasteiger partial charge in [0.2, 0.25) is 0 Å². The lowest BCUT2D eigenvalue weighted by molar-refractivity contribution is 0.102. The Hall–Kier alpha value is -2.47. The number of amides is 1. The van der Waals surface area contributed by atoms with E-state index in [1.165, 1.54) is 11.3 Å². The number of aromatic nitrogens is 3. The van der Waals surface area contributed by atoms with E-state index in [-0.39, 0.29) is 5.91 Å². The molecule has 6 heteroatoms. The number of hydrogen-bond donors (Lipinski definition) is 1. The number of nitrogens with one attached hydrogen (secondary N) is 1. The van der Waals surface area contributed by atoms with E-state index in [1.54, 1.807) is 23.3 Å². The van der Waals surface area contributed by atoms with Gasteiger partial charge in [-0.1, -0.05) is 18.2 Å². The van der Waals surface area contributed by atoms with E-state index in [4.69, 9.17) is 0 Å². The van der Waals surface area contributed by atoms with Crippen molar-refractivity contribution in [1.82, 2.24) is 14.8 Å². The Kier molecular flexibility index (Phi) is 3.30. The lowest BCUT2D eigenvalue weighted by Gasteiger charge is -1.99. The van der Waals surface area contributed by atoms with Gasteiger partial charge in [-0.2, -0.15) is 5.10 Å². The van der Waals surface area contributed by atoms with Crippen molar-refractivity contribution < 1.29 is 4.79 Å². The fourth-order valence-electron chi connectivity index (χ4n) is 1.74. The molecule has 0 aliphatic heterocycles. The molecule has 0 spiro atoms. The van der Waals surface area contributed by atoms with Crippen LogP contribution in [0.1, 0.15) is 15.2 Å². The zero-order valence-electron chi connectivity index (χ0n) is 10.8. The minimum Gasteiger partial charge on any atom is -0.298 e. The van der Waals surface area contributed by atoms with E-state index in [0.29, 0.717) is 10.7 Å². The Morgan fingerprint density at radius 1 is 1.25 bits per heavy atom. The molecule has 3 rings (SSSR count). The van der Waals surface area contributed by atoms with E-state index in [2.05, 4.69) is 15.4 Å². The summed E-state index contributed by atoms with van der Waals surface area (Å²) in [6, 6.07) is 9.65. The fourth-order valence-corrected chi connectivity index (χ4v) is 2.40. The maximum absolute atomic E-state index is 12.1. The van der Waals surface area contributed by atoms with Crippen molar-refractivity contribution in [2.24, 2.45) is 0 Å². The SMILES string of the molecule is Cc1cnc(NC(=O)c2cnn(-c3ccccc3)c2)s1. The van der Waals surface area contributed by atoms with Gasteiger partial charge in [-0.25, -0.2) is 9.67 Å². The third-order valence-electron chi connectivity index (χ3n) is 2.71. The van der Waals surface area contributed by atoms with Crippen LogP contribution < -0.4 is 5.32 Å². The lowest BCUT2D eigenvalue weighted by Crippen LogP contribution is -2.10. The molecule has 1 aromatic carbocycles. The van der Waals surface area contributed by atoms with E-state index < -0.39 is 0 Å². The van der Waals surface area contributed by atoms with E-state index >= 15 is 0 Å². The van der Waals surface area contributed by atoms with Crippen LogP contribution in [-0.2, 0) is 0 Å². The molecule has 0 radical (unpaired) electrons. The molecule has 1 N–H and O–H groups in total. The van der Waals surface area contributed by atoms with Crippen LogP contribution in [-0.4, -0.2) is 20.7 Å². The van der Waals surface area contributed by atoms with Crippen LogP contribution >= 0.6 is 11.3 Å². The van der Waals surface area contributed by atoms with Gasteiger partial charge in [0.1, 0.15) is 0 Å². The summed E-state index contributed by atoms with van der Waals surface area (Å²) < 4.78 is 1.67. The Labute approximate surface area is 119 Å². The average Bonchev–Trinajstić information content (AvgIpc) is 3.09. The molecule has 0 saturated heterocycles. The van der Waals surface area contributed by atoms with Crippen LogP contribution in [0.15, 0.2) is 48.9 Å². The first-order chi connectivity index (χ1) is 9.72. The van der Waals surface area contributed by atoms with Crippen LogP contribution in [0.4, 0.5) is 5.13 Å². The first-order valence-electron chi connectivity index (χ1n) is 6.06. The minimum atomic E-state index is -0.207. The predicted molar refractivity (Wildman–Crippen MR) is 78.4 cm³/mol. The number of carbonyl (C=O) groups is 1. The summed E-state index contributed by atoms with van der Waals surface area (Å²) >= 11 is 1.44. The van der Waals surface area contributed by atoms with Crippen LogP contribution in [0, 0.1) is 6.92 Å². The normalized spacial score (nSPS) is 10.4. The van der Waals surface area contributed by atoms with Gasteiger partial charge in [-0.3, -0.25) is 10.1 Å². The van der Waals surface area contributed by atoms with Crippen LogP contribution in [0.3, 0.4) is 0 Å². The molecule has 2 aromatic heterocycles. The summed E-state index contributed by atoms with van der Waals surface area (Å²) in [4.78, 5) is 17.2. The van der Waals surface area contributed by atoms with E-state index in [9.17, 15) is 4.79 Å². The lowest BCUT2D eigenvalue weighted by atomic mass is 10.3. The van der Waals surface area contributed by atoms with Gasteiger partial charge >= 0.3 is 0 Å². The molecule has 0 unspecified atom stereocenters. The highest BCUT2D eigenvalue weighted by atomic mass is 32.1. The molecule has 2 heterocycles. The van der Waals surface area contributed by atoms with Gasteiger partial charge in [0.15, 0.2) is 5.13 Å². The number of rotatable bonds is 3. The Balaban J connectivity index is 1.78. The first kappa shape index (κ1) is 12.6. The van der Waals surface area contributed by atoms with Crippen LogP contribution in [0.5, 0.6) is 0 Å². The highest BCUT2D eigenvalue weighted by Gasteiger charge is 2.11. The van der Waals surface area contributed by atoms with Gasteiger partial charge in [0.05, 0.1) is 17.4 Å². The molecule has 20 heavy (non-hydrogen) atoms. The van der Waals surface area contributed by atoms with Gasteiger partial charge in [-0.05, 0) is 19.1 Å². The molecule has 5 nitrogen and oxygen atoms in total. The summed E-state index contributed by atoms with van der Waals surface area (Å²) in [6.07, 6.45) is 4.97. The number of hydrogen-bond acceptors (Lipinski definition) is 4. The summed E-state index contributed by atoms with van der Waals surface area (Å²) in [7, 11) is 0. The Morgan fingerprint density at radius 3 is 2.75 bits per heavy atom. The second-order valence-corrected chi connectivity index (χ2v) is 5.47. The maximum atomic E-state index is 12.1. The second kappa shape index (κ2) is 5.26. The first-order valence-corrected chi connectivity index (χ1v) is 6.88. The number of carbonyl (C=O) groups excluding carboxylic acids is 1. The third-order valence-corrected chi connectivity index (χ3v) is 3.54. The molecule has 0 atom stereocenters. The topological polar surface area (TPSA) is 59.8 Å². The molecule has 100 valence electrons. The van der Waals surface area contributed by atoms with Crippen molar-refractivity contribution in [1.29, 1.82) is 0 Å². The number of benzene rings is 1. The summed E-state index contributed by atoms with van der Waals surface area (Å²) in [6.45, 7) is 1.95. The number of anilines is 1. The highest BCUT2D eigenvalue weighted by Crippen LogP contribution is 2.17. The fraction of sp³-hybridized carbons (Fsp3) is 0.0714. The molecule has 0 saturated carbocycles. The van der Waals surface area contributed by atoms with E-state index in [0.717, 1.165) is 10.6 Å². The van der Waals surface area contributed by atoms with Gasteiger partial charge in [0.25, 0.3) is 5.91 Å². The molecule has 0 aliphatic rings. The van der Waals surface area contributed by atoms with Crippen molar-refractivity contribution in [3.05, 3.63) is 59.4 Å². The van der Waals surface area contributed by atoms with Crippen molar-refractivity contribution in [3.63, 3.8) is 0 Å². The van der Waals surface area contributed by atoms with Gasteiger partial charge in [-0.15, -0.1) is 11.3 Å². The van der Waals surface area contributed by atoms with Crippen molar-refractivity contribution in [2.45, 2.75) is 6.92 Å². The highest BCUT2D eigenvalue weighted by molar-refractivity contribution is 7.15. The van der Waals surface area contributed by atoms with Crippen molar-refractivity contribution in [2.75, 3.05) is 5.32 Å². The average molecular weight is 284 g/mol. The van der Waals surface area contributed by atoms with Crippen LogP contribution in [0.2, 0.25) is 0 Å². The number of thiazole rings is 1. The molecule has 3 aromatic rings. The molecular weight excluding hydrogens is 272 g/mol. The van der Waals surface area contributed by atoms with Crippen LogP contribution in [0.25, 0.3) is 5.69 Å². The summed E-state index contributed by atoms with van der Waals surface area (Å²) in [5.41, 5.74) is 1.42. The smallest absolute Gasteiger partial charge is 0.260 e. The third kappa shape index (κ3) is 2.60. The standard InChI is InChI=1S/C14H12N4OS/c1-10-7-15-14(20-10)17-13(19)11-8-16-18(9-11)12-5-3-2-4-6-12/h2-9H,1H3,(H,15,17,19). The van der Waals surface area contributed by atoms with Gasteiger partial charge < -0.3 is 0 Å². The van der Waals surface area contributed by atoms with E-state index in [1.807, 2.05) is 37.3 Å². The predicted octanol–water partition coefficient (Wildman–Crippen LogP) is 2.89. The second-order valence-electron chi connectivity index (χ2n) is 4.24. The quantitative estimate of drug-likeness (QED) is 0.804. The molecule has 1 amide bonds. The summed E-state index contributed by atoms with van der Waals surface area (Å²) in [5.74, 6) is -0.207.